The van der Waals surface area contributed by atoms with Crippen LogP contribution in [0.2, 0.25) is 0 Å². The fraction of sp³-hybridized carbons (Fsp3) is 0. The molecule has 3 heteroatoms. The molecule has 0 aliphatic rings. The zero-order valence-corrected chi connectivity index (χ0v) is 11.8. The molecule has 0 radical (unpaired) electrons. The Kier molecular flexibility index (Phi) is 2.22. The summed E-state index contributed by atoms with van der Waals surface area (Å²) in [7, 11) is 0. The average Bonchev–Trinajstić information content (AvgIpc) is 3.15. The lowest BCUT2D eigenvalue weighted by Gasteiger charge is -2.09. The minimum Gasteiger partial charge on any atom is -0.283 e. The van der Waals surface area contributed by atoms with E-state index in [4.69, 9.17) is 0 Å². The van der Waals surface area contributed by atoms with E-state index in [-0.39, 0.29) is 0 Å². The van der Waals surface area contributed by atoms with Gasteiger partial charge in [0.25, 0.3) is 0 Å². The van der Waals surface area contributed by atoms with Crippen molar-refractivity contribution in [2.24, 2.45) is 0 Å². The zero-order chi connectivity index (χ0) is 14.5. The monoisotopic (exact) mass is 283 g/mol. The molecule has 22 heavy (non-hydrogen) atoms. The van der Waals surface area contributed by atoms with Crippen LogP contribution in [0.4, 0.5) is 0 Å². The van der Waals surface area contributed by atoms with Gasteiger partial charge in [-0.2, -0.15) is 0 Å². The van der Waals surface area contributed by atoms with Crippen LogP contribution in [0.25, 0.3) is 33.3 Å². The smallest absolute Gasteiger partial charge is 0.219 e. The van der Waals surface area contributed by atoms with E-state index in [0.29, 0.717) is 0 Å². The number of rotatable bonds is 1. The number of hydrogen-bond donors (Lipinski definition) is 0. The Bertz CT molecular complexity index is 1130. The van der Waals surface area contributed by atoms with E-state index in [1.807, 2.05) is 12.4 Å². The van der Waals surface area contributed by atoms with Gasteiger partial charge in [0.05, 0.1) is 16.7 Å². The largest absolute Gasteiger partial charge is 0.283 e. The van der Waals surface area contributed by atoms with E-state index in [1.54, 1.807) is 0 Å². The number of para-hydroxylation sites is 2. The Balaban J connectivity index is 2.02. The summed E-state index contributed by atoms with van der Waals surface area (Å²) >= 11 is 0. The fourth-order valence-corrected chi connectivity index (χ4v) is 3.25. The Hall–Kier alpha value is -3.07. The summed E-state index contributed by atoms with van der Waals surface area (Å²) in [6.45, 7) is 0. The molecule has 3 aromatic carbocycles. The van der Waals surface area contributed by atoms with Crippen molar-refractivity contribution in [2.45, 2.75) is 0 Å². The topological polar surface area (TPSA) is 22.2 Å². The first kappa shape index (κ1) is 11.6. The molecule has 104 valence electrons. The van der Waals surface area contributed by atoms with Crippen LogP contribution in [0.3, 0.4) is 0 Å². The maximum atomic E-state index is 4.56. The summed E-state index contributed by atoms with van der Waals surface area (Å²) < 4.78 is 4.37. The van der Waals surface area contributed by atoms with Crippen molar-refractivity contribution in [1.29, 1.82) is 0 Å². The highest BCUT2D eigenvalue weighted by Gasteiger charge is 2.13. The molecule has 0 saturated carbocycles. The molecule has 2 aromatic heterocycles. The molecule has 0 bridgehead atoms. The van der Waals surface area contributed by atoms with Crippen molar-refractivity contribution in [3.05, 3.63) is 79.1 Å². The number of fused-ring (bicyclic) bond motifs is 4. The lowest BCUT2D eigenvalue weighted by molar-refractivity contribution is 1.11. The molecule has 0 aliphatic heterocycles. The van der Waals surface area contributed by atoms with Gasteiger partial charge in [0.15, 0.2) is 0 Å². The van der Waals surface area contributed by atoms with Gasteiger partial charge in [0, 0.05) is 17.8 Å². The number of aromatic nitrogens is 3. The quantitative estimate of drug-likeness (QED) is 0.446. The number of imidazole rings is 2. The van der Waals surface area contributed by atoms with Crippen LogP contribution >= 0.6 is 0 Å². The van der Waals surface area contributed by atoms with Crippen molar-refractivity contribution in [3.63, 3.8) is 0 Å². The van der Waals surface area contributed by atoms with Crippen molar-refractivity contribution in [2.75, 3.05) is 0 Å². The molecule has 3 nitrogen and oxygen atoms in total. The van der Waals surface area contributed by atoms with Gasteiger partial charge < -0.3 is 0 Å². The maximum Gasteiger partial charge on any atom is 0.219 e. The van der Waals surface area contributed by atoms with Crippen LogP contribution < -0.4 is 0 Å². The van der Waals surface area contributed by atoms with E-state index < -0.39 is 0 Å². The first-order valence-corrected chi connectivity index (χ1v) is 7.34. The lowest BCUT2D eigenvalue weighted by Crippen LogP contribution is -1.96. The number of hydrogen-bond acceptors (Lipinski definition) is 1. The number of nitrogens with zero attached hydrogens (tertiary/aromatic N) is 3. The minimum absolute atomic E-state index is 0.942. The molecule has 0 fully saturated rings. The zero-order valence-electron chi connectivity index (χ0n) is 11.8. The summed E-state index contributed by atoms with van der Waals surface area (Å²) in [5.74, 6) is 0.942. The van der Waals surface area contributed by atoms with Crippen LogP contribution in [0.5, 0.6) is 0 Å². The first-order chi connectivity index (χ1) is 10.9. The predicted molar refractivity (Wildman–Crippen MR) is 89.5 cm³/mol. The molecule has 5 aromatic rings. The SMILES string of the molecule is c1ccc2c(-n3c4ccccc4n4ccnc34)cccc2c1. The third kappa shape index (κ3) is 1.42. The summed E-state index contributed by atoms with van der Waals surface area (Å²) in [5, 5.41) is 2.47. The second kappa shape index (κ2) is 4.21. The molecule has 0 atom stereocenters. The average molecular weight is 283 g/mol. The predicted octanol–water partition coefficient (Wildman–Crippen LogP) is 4.43. The first-order valence-electron chi connectivity index (χ1n) is 7.34. The Morgan fingerprint density at radius 3 is 2.45 bits per heavy atom. The summed E-state index contributed by atoms with van der Waals surface area (Å²) in [4.78, 5) is 4.56. The summed E-state index contributed by atoms with van der Waals surface area (Å²) in [6.07, 6.45) is 3.86. The number of benzene rings is 3. The third-order valence-corrected chi connectivity index (χ3v) is 4.21. The van der Waals surface area contributed by atoms with Gasteiger partial charge in [0.1, 0.15) is 0 Å². The van der Waals surface area contributed by atoms with Gasteiger partial charge in [-0.1, -0.05) is 48.5 Å². The second-order valence-electron chi connectivity index (χ2n) is 5.42. The molecular weight excluding hydrogens is 270 g/mol. The van der Waals surface area contributed by atoms with Crippen LogP contribution in [-0.4, -0.2) is 14.0 Å². The molecule has 0 amide bonds. The third-order valence-electron chi connectivity index (χ3n) is 4.21. The van der Waals surface area contributed by atoms with Crippen molar-refractivity contribution < 1.29 is 0 Å². The van der Waals surface area contributed by atoms with Crippen LogP contribution in [-0.2, 0) is 0 Å². The Morgan fingerprint density at radius 2 is 1.50 bits per heavy atom. The summed E-state index contributed by atoms with van der Waals surface area (Å²) in [5.41, 5.74) is 3.50. The van der Waals surface area contributed by atoms with E-state index in [0.717, 1.165) is 11.5 Å². The van der Waals surface area contributed by atoms with Crippen molar-refractivity contribution >= 4 is 27.6 Å². The van der Waals surface area contributed by atoms with Gasteiger partial charge in [-0.3, -0.25) is 8.97 Å². The van der Waals surface area contributed by atoms with Gasteiger partial charge in [0.2, 0.25) is 5.78 Å². The summed E-state index contributed by atoms with van der Waals surface area (Å²) in [6, 6.07) is 23.3. The normalized spacial score (nSPS) is 11.6. The van der Waals surface area contributed by atoms with Gasteiger partial charge in [-0.15, -0.1) is 0 Å². The van der Waals surface area contributed by atoms with Crippen molar-refractivity contribution in [3.8, 4) is 5.69 Å². The van der Waals surface area contributed by atoms with Crippen LogP contribution in [0, 0.1) is 0 Å². The minimum atomic E-state index is 0.942. The molecule has 2 heterocycles. The Morgan fingerprint density at radius 1 is 0.727 bits per heavy atom. The highest BCUT2D eigenvalue weighted by Crippen LogP contribution is 2.29. The van der Waals surface area contributed by atoms with Gasteiger partial charge >= 0.3 is 0 Å². The lowest BCUT2D eigenvalue weighted by atomic mass is 10.1. The molecular formula is C19H13N3. The molecule has 0 saturated heterocycles. The second-order valence-corrected chi connectivity index (χ2v) is 5.42. The van der Waals surface area contributed by atoms with E-state index in [2.05, 4.69) is 80.7 Å². The molecule has 0 N–H and O–H groups in total. The van der Waals surface area contributed by atoms with E-state index in [1.165, 1.54) is 21.8 Å². The molecule has 0 aliphatic carbocycles. The highest BCUT2D eigenvalue weighted by atomic mass is 15.2. The van der Waals surface area contributed by atoms with Crippen LogP contribution in [0.15, 0.2) is 79.1 Å². The van der Waals surface area contributed by atoms with Gasteiger partial charge in [-0.05, 0) is 23.6 Å². The standard InChI is InChI=1S/C19H13N3/c1-2-8-15-14(6-1)7-5-11-16(15)22-18-10-4-3-9-17(18)21-13-12-20-19(21)22/h1-13H. The highest BCUT2D eigenvalue weighted by molar-refractivity contribution is 5.94. The van der Waals surface area contributed by atoms with E-state index in [9.17, 15) is 0 Å². The van der Waals surface area contributed by atoms with E-state index >= 15 is 0 Å². The molecule has 0 spiro atoms. The van der Waals surface area contributed by atoms with Gasteiger partial charge in [-0.25, -0.2) is 4.98 Å². The molecule has 0 unspecified atom stereocenters. The Labute approximate surface area is 127 Å². The van der Waals surface area contributed by atoms with Crippen molar-refractivity contribution in [1.82, 2.24) is 14.0 Å². The maximum absolute atomic E-state index is 4.56. The fourth-order valence-electron chi connectivity index (χ4n) is 3.25. The molecule has 5 rings (SSSR count). The van der Waals surface area contributed by atoms with Crippen LogP contribution in [0.1, 0.15) is 0 Å².